The van der Waals surface area contributed by atoms with Crippen molar-refractivity contribution in [1.82, 2.24) is 60.3 Å². The Labute approximate surface area is 675 Å². The minimum Gasteiger partial charge on any atom is -0.508 e. The second-order valence-electron chi connectivity index (χ2n) is 26.3. The fraction of sp³-hybridized carbons (Fsp3) is 0.467. The van der Waals surface area contributed by atoms with Crippen LogP contribution >= 0.6 is 70.5 Å². The van der Waals surface area contributed by atoms with E-state index in [0.29, 0.717) is 11.1 Å². The van der Waals surface area contributed by atoms with E-state index < -0.39 is 169 Å². The highest BCUT2D eigenvalue weighted by molar-refractivity contribution is 8.14. The molecule has 4 aromatic heterocycles. The van der Waals surface area contributed by atoms with Crippen molar-refractivity contribution in [3.63, 3.8) is 0 Å². The predicted molar refractivity (Wildman–Crippen MR) is 408 cm³/mol. The topological polar surface area (TPSA) is 768 Å². The summed E-state index contributed by atoms with van der Waals surface area (Å²) in [7, 11) is -32.9. The molecule has 2 saturated heterocycles. The van der Waals surface area contributed by atoms with E-state index in [-0.39, 0.29) is 106 Å². The van der Waals surface area contributed by atoms with Gasteiger partial charge in [0.2, 0.25) is 33.9 Å². The van der Waals surface area contributed by atoms with Gasteiger partial charge in [-0.25, -0.2) is 57.3 Å². The van der Waals surface area contributed by atoms with Crippen molar-refractivity contribution in [3.05, 3.63) is 97.1 Å². The molecule has 2 fully saturated rings. The average Bonchev–Trinajstić information content (AvgIpc) is 1.62. The number of hydrogen-bond donors (Lipinski definition) is 20. The van der Waals surface area contributed by atoms with E-state index >= 15 is 0 Å². The van der Waals surface area contributed by atoms with Crippen LogP contribution < -0.4 is 32.7 Å². The van der Waals surface area contributed by atoms with Gasteiger partial charge in [-0.15, -0.1) is 0 Å². The monoisotopic (exact) mass is 1830 g/mol. The number of carbonyl (C=O) groups is 6. The number of nitrogens with one attached hydrogen (secondary N) is 4. The number of hydrogen-bond acceptors (Lipinski definition) is 38. The number of benzene rings is 2. The largest absolute Gasteiger partial charge is 0.508 e. The first-order chi connectivity index (χ1) is 54.9. The molecule has 2 aliphatic rings. The number of phosphoric ester groups is 6. The number of phosphoric acid groups is 6. The third kappa shape index (κ3) is 30.7. The van der Waals surface area contributed by atoms with E-state index in [0.717, 1.165) is 58.0 Å². The number of thioether (sulfide) groups is 2. The normalized spacial score (nSPS) is 21.2. The number of phenols is 2. The molecule has 58 heteroatoms. The number of carbonyl (C=O) groups excluding carboxylic acids is 6. The Hall–Kier alpha value is -7.36. The molecule has 2 aliphatic heterocycles. The molecular formula is C60H84N14O36P6S2. The molecule has 118 heavy (non-hydrogen) atoms. The first kappa shape index (κ1) is 97.8. The minimum absolute atomic E-state index is 0.0243. The van der Waals surface area contributed by atoms with E-state index in [9.17, 15) is 126 Å². The van der Waals surface area contributed by atoms with Crippen molar-refractivity contribution < 1.29 is 171 Å². The molecule has 4 unspecified atom stereocenters. The van der Waals surface area contributed by atoms with E-state index in [2.05, 4.69) is 68.8 Å². The molecule has 0 aliphatic carbocycles. The predicted octanol–water partition coefficient (Wildman–Crippen LogP) is 0.167. The maximum absolute atomic E-state index is 12.7. The van der Waals surface area contributed by atoms with Gasteiger partial charge in [-0.3, -0.25) is 65.0 Å². The Bertz CT molecular complexity index is 4570. The number of fused-ring (bicyclic) bond motifs is 2. The number of imidazole rings is 2. The summed E-state index contributed by atoms with van der Waals surface area (Å²) >= 11 is 1.91. The number of aliphatic hydroxyl groups is 4. The summed E-state index contributed by atoms with van der Waals surface area (Å²) in [6.07, 6.45) is -8.19. The van der Waals surface area contributed by atoms with Gasteiger partial charge in [0.15, 0.2) is 35.4 Å². The maximum Gasteiger partial charge on any atom is 0.481 e. The summed E-state index contributed by atoms with van der Waals surface area (Å²) in [5.41, 5.74) is 9.88. The van der Waals surface area contributed by atoms with Crippen LogP contribution in [0.1, 0.15) is 64.1 Å². The number of aromatic nitrogens is 8. The Balaban J connectivity index is 0.000000326. The van der Waals surface area contributed by atoms with Crippen LogP contribution in [-0.4, -0.2) is 256 Å². The van der Waals surface area contributed by atoms with Crippen LogP contribution in [0, 0.1) is 10.8 Å². The van der Waals surface area contributed by atoms with Gasteiger partial charge in [-0.2, -0.15) is 8.62 Å². The summed E-state index contributed by atoms with van der Waals surface area (Å²) in [6.45, 7) is 0.690. The van der Waals surface area contributed by atoms with Crippen molar-refractivity contribution >= 4 is 150 Å². The van der Waals surface area contributed by atoms with Crippen molar-refractivity contribution in [2.75, 3.05) is 75.6 Å². The van der Waals surface area contributed by atoms with Gasteiger partial charge in [0, 0.05) is 61.4 Å². The number of nitrogens with zero attached hydrogens (tertiary/aromatic N) is 8. The lowest BCUT2D eigenvalue weighted by molar-refractivity contribution is -0.137. The first-order valence-corrected chi connectivity index (χ1v) is 45.0. The van der Waals surface area contributed by atoms with Crippen LogP contribution in [0.2, 0.25) is 0 Å². The standard InChI is InChI=1S/2C30H42N7O18P3S/c2*1-30(2,25(42)28(43)33-10-9-20(39)32-11-12-59-21(40)8-5-17-3-6-18(38)7-4-17)14-52-58(49,50)55-57(47,48)51-13-19-24(54-56(44,45)46)23(41)29(53-19)37-16-36-22-26(31)34-15-35-27(22)37/h2*3-8,15-16,19,23-25,29,38,41-42H,9-14H2,1-2H3,(H,32,39)(H,33,43)(H,47,48)(H,49,50)(H2,31,34,35)(H2,44,45,46)/b2*8-5+/t2*19-,23-,24-,25+,29-/m11/s1. The highest BCUT2D eigenvalue weighted by atomic mass is 32.2. The quantitative estimate of drug-likeness (QED) is 0.0138. The molecule has 0 saturated carbocycles. The zero-order chi connectivity index (χ0) is 87.5. The molecule has 0 radical (unpaired) electrons. The van der Waals surface area contributed by atoms with Gasteiger partial charge in [0.05, 0.1) is 39.1 Å². The molecule has 22 N–H and O–H groups in total. The van der Waals surface area contributed by atoms with E-state index in [1.807, 2.05) is 0 Å². The summed E-state index contributed by atoms with van der Waals surface area (Å²) < 4.78 is 124. The number of nitrogens with two attached hydrogens (primary N) is 2. The van der Waals surface area contributed by atoms with E-state index in [1.54, 1.807) is 36.4 Å². The molecule has 6 aromatic rings. The summed E-state index contributed by atoms with van der Waals surface area (Å²) in [5.74, 6) is -2.35. The van der Waals surface area contributed by atoms with Crippen molar-refractivity contribution in [2.24, 2.45) is 10.8 Å². The van der Waals surface area contributed by atoms with Crippen LogP contribution in [0.5, 0.6) is 11.5 Å². The van der Waals surface area contributed by atoms with Gasteiger partial charge in [0.25, 0.3) is 0 Å². The Morgan fingerprint density at radius 1 is 0.517 bits per heavy atom. The molecule has 0 bridgehead atoms. The molecule has 652 valence electrons. The van der Waals surface area contributed by atoms with Crippen LogP contribution in [0.4, 0.5) is 11.6 Å². The second-order valence-corrected chi connectivity index (χ2v) is 37.0. The fourth-order valence-electron chi connectivity index (χ4n) is 10.2. The first-order valence-electron chi connectivity index (χ1n) is 34.0. The summed E-state index contributed by atoms with van der Waals surface area (Å²) in [4.78, 5) is 175. The molecular weight excluding hydrogens is 1740 g/mol. The van der Waals surface area contributed by atoms with Crippen molar-refractivity contribution in [2.45, 2.75) is 102 Å². The third-order valence-electron chi connectivity index (χ3n) is 16.1. The fourth-order valence-corrected chi connectivity index (χ4v) is 17.0. The number of aromatic hydroxyl groups is 2. The van der Waals surface area contributed by atoms with Crippen LogP contribution in [0.15, 0.2) is 86.0 Å². The third-order valence-corrected chi connectivity index (χ3v) is 24.0. The van der Waals surface area contributed by atoms with Crippen LogP contribution in [0.3, 0.4) is 0 Å². The molecule has 14 atom stereocenters. The van der Waals surface area contributed by atoms with Crippen LogP contribution in [0.25, 0.3) is 34.5 Å². The van der Waals surface area contributed by atoms with Gasteiger partial charge in [-0.1, -0.05) is 87.6 Å². The summed E-state index contributed by atoms with van der Waals surface area (Å²) in [6, 6.07) is 12.4. The number of nitrogen functional groups attached to an aromatic ring is 2. The molecule has 2 aromatic carbocycles. The zero-order valence-corrected chi connectivity index (χ0v) is 69.0. The molecule has 8 rings (SSSR count). The SMILES string of the molecule is CC(C)(COP(=O)(O)OP(=O)(O)OC[C@H]1O[C@@H](n2cnc3c(N)ncnc32)[C@H](O)[C@@H]1OP(=O)(O)O)[C@@H](O)C(=O)NCCC(=O)NCCSC(=O)/C=C/c1ccc(O)cc1.CC(C)(COP(=O)(O)OP(=O)(O)OC[C@H]1O[C@@H](n2cnc3c(N)ncnc32)[C@H](O)[C@@H]1OP(=O)(O)O)[C@@H](O)C(=O)NCCC(=O)NCCSC(=O)/C=C/c1ccc(O)cc1. The zero-order valence-electron chi connectivity index (χ0n) is 62.0. The number of aliphatic hydroxyl groups excluding tert-OH is 4. The number of anilines is 2. The molecule has 50 nitrogen and oxygen atoms in total. The number of rotatable bonds is 42. The lowest BCUT2D eigenvalue weighted by Gasteiger charge is -2.30. The number of phenolic OH excluding ortho intramolecular Hbond substituents is 2. The van der Waals surface area contributed by atoms with E-state index in [4.69, 9.17) is 39.0 Å². The maximum atomic E-state index is 12.7. The molecule has 6 heterocycles. The molecule has 0 spiro atoms. The average molecular weight is 1830 g/mol. The van der Waals surface area contributed by atoms with Gasteiger partial charge in [0.1, 0.15) is 84.0 Å². The van der Waals surface area contributed by atoms with E-state index in [1.165, 1.54) is 64.1 Å². The second kappa shape index (κ2) is 42.4. The Morgan fingerprint density at radius 3 is 1.19 bits per heavy atom. The van der Waals surface area contributed by atoms with Gasteiger partial charge < -0.3 is 112 Å². The lowest BCUT2D eigenvalue weighted by atomic mass is 9.87. The van der Waals surface area contributed by atoms with Gasteiger partial charge in [-0.05, 0) is 47.5 Å². The van der Waals surface area contributed by atoms with Crippen LogP contribution in [-0.2, 0) is 101 Å². The van der Waals surface area contributed by atoms with Crippen molar-refractivity contribution in [3.8, 4) is 11.5 Å². The Kier molecular flexibility index (Phi) is 35.2. The highest BCUT2D eigenvalue weighted by Crippen LogP contribution is 2.63. The Morgan fingerprint density at radius 2 is 0.856 bits per heavy atom. The lowest BCUT2D eigenvalue weighted by Crippen LogP contribution is -2.46. The smallest absolute Gasteiger partial charge is 0.481 e. The van der Waals surface area contributed by atoms with Crippen molar-refractivity contribution in [1.29, 1.82) is 0 Å². The minimum atomic E-state index is -5.58. The van der Waals surface area contributed by atoms with Gasteiger partial charge >= 0.3 is 46.9 Å². The highest BCUT2D eigenvalue weighted by Gasteiger charge is 2.53. The number of amides is 4. The summed E-state index contributed by atoms with van der Waals surface area (Å²) in [5, 5.41) is 70.8. The number of ether oxygens (including phenoxy) is 2. The molecule has 4 amide bonds.